The topological polar surface area (TPSA) is 127 Å². The van der Waals surface area contributed by atoms with Gasteiger partial charge in [0.15, 0.2) is 5.78 Å². The van der Waals surface area contributed by atoms with Crippen molar-refractivity contribution in [3.05, 3.63) is 142 Å². The van der Waals surface area contributed by atoms with Gasteiger partial charge in [-0.15, -0.1) is 0 Å². The Morgan fingerprint density at radius 2 is 1.19 bits per heavy atom. The van der Waals surface area contributed by atoms with Gasteiger partial charge in [-0.3, -0.25) is 4.79 Å². The van der Waals surface area contributed by atoms with Gasteiger partial charge in [-0.2, -0.15) is 0 Å². The molecule has 1 unspecified atom stereocenters. The number of hydrogen-bond donors (Lipinski definition) is 5. The smallest absolute Gasteiger partial charge is 0.174 e. The first kappa shape index (κ1) is 27.7. The van der Waals surface area contributed by atoms with Gasteiger partial charge in [0.1, 0.15) is 46.2 Å². The molecule has 0 saturated heterocycles. The number of carbonyl (C=O) groups is 1. The molecule has 1 aliphatic rings. The number of para-hydroxylation sites is 2. The van der Waals surface area contributed by atoms with E-state index in [0.29, 0.717) is 23.1 Å². The van der Waals surface area contributed by atoms with E-state index >= 15 is 0 Å². The highest BCUT2D eigenvalue weighted by molar-refractivity contribution is 6.04. The van der Waals surface area contributed by atoms with Gasteiger partial charge < -0.3 is 30.3 Å². The van der Waals surface area contributed by atoms with E-state index in [0.717, 1.165) is 11.1 Å². The average Bonchev–Trinajstić information content (AvgIpc) is 3.01. The van der Waals surface area contributed by atoms with Crippen LogP contribution >= 0.6 is 0 Å². The fourth-order valence-corrected chi connectivity index (χ4v) is 5.65. The van der Waals surface area contributed by atoms with Crippen LogP contribution in [0, 0.1) is 0 Å². The van der Waals surface area contributed by atoms with Crippen LogP contribution in [-0.2, 0) is 19.3 Å². The van der Waals surface area contributed by atoms with Crippen LogP contribution in [0.2, 0.25) is 0 Å². The average molecular weight is 575 g/mol. The van der Waals surface area contributed by atoms with Crippen molar-refractivity contribution in [2.24, 2.45) is 0 Å². The molecule has 0 saturated carbocycles. The first-order chi connectivity index (χ1) is 20.8. The summed E-state index contributed by atoms with van der Waals surface area (Å²) in [6, 6.07) is 27.9. The lowest BCUT2D eigenvalue weighted by Gasteiger charge is -2.30. The predicted molar refractivity (Wildman–Crippen MR) is 161 cm³/mol. The quantitative estimate of drug-likeness (QED) is 0.146. The Bertz CT molecular complexity index is 1830. The Morgan fingerprint density at radius 1 is 0.605 bits per heavy atom. The Labute approximate surface area is 248 Å². The van der Waals surface area contributed by atoms with E-state index in [1.807, 2.05) is 42.5 Å². The third kappa shape index (κ3) is 5.45. The molecule has 0 amide bonds. The van der Waals surface area contributed by atoms with Crippen LogP contribution in [-0.4, -0.2) is 31.3 Å². The largest absolute Gasteiger partial charge is 0.508 e. The minimum atomic E-state index is -0.621. The van der Waals surface area contributed by atoms with Crippen LogP contribution in [0.5, 0.6) is 34.5 Å². The highest BCUT2D eigenvalue weighted by Gasteiger charge is 2.36. The Hall–Kier alpha value is -5.43. The molecule has 0 bridgehead atoms. The monoisotopic (exact) mass is 574 g/mol. The number of fused-ring (bicyclic) bond motifs is 1. The number of benzene rings is 5. The molecule has 1 heterocycles. The molecule has 7 nitrogen and oxygen atoms in total. The highest BCUT2D eigenvalue weighted by Crippen LogP contribution is 2.50. The number of phenolic OH excluding ortho intramolecular Hbond substituents is 5. The highest BCUT2D eigenvalue weighted by atomic mass is 16.5. The second-order valence-electron chi connectivity index (χ2n) is 10.8. The summed E-state index contributed by atoms with van der Waals surface area (Å²) >= 11 is 0. The maximum atomic E-state index is 13.6. The lowest BCUT2D eigenvalue weighted by Crippen LogP contribution is -2.22. The van der Waals surface area contributed by atoms with E-state index in [1.54, 1.807) is 42.5 Å². The summed E-state index contributed by atoms with van der Waals surface area (Å²) in [5.74, 6) is -0.840. The first-order valence-corrected chi connectivity index (χ1v) is 14.0. The first-order valence-electron chi connectivity index (χ1n) is 14.0. The Morgan fingerprint density at radius 3 is 1.86 bits per heavy atom. The lowest BCUT2D eigenvalue weighted by atomic mass is 9.87. The molecule has 43 heavy (non-hydrogen) atoms. The number of phenols is 5. The van der Waals surface area contributed by atoms with Crippen molar-refractivity contribution in [2.75, 3.05) is 0 Å². The normalized spacial score (nSPS) is 14.2. The van der Waals surface area contributed by atoms with Crippen LogP contribution in [0.25, 0.3) is 0 Å². The molecule has 216 valence electrons. The number of rotatable bonds is 7. The summed E-state index contributed by atoms with van der Waals surface area (Å²) in [7, 11) is 0. The third-order valence-electron chi connectivity index (χ3n) is 7.93. The zero-order valence-corrected chi connectivity index (χ0v) is 23.2. The molecule has 5 N–H and O–H groups in total. The molecule has 0 aromatic heterocycles. The van der Waals surface area contributed by atoms with Gasteiger partial charge in [0, 0.05) is 30.4 Å². The Kier molecular flexibility index (Phi) is 7.38. The predicted octanol–water partition coefficient (Wildman–Crippen LogP) is 6.69. The maximum absolute atomic E-state index is 13.6. The number of aromatic hydroxyl groups is 5. The maximum Gasteiger partial charge on any atom is 0.174 e. The summed E-state index contributed by atoms with van der Waals surface area (Å²) in [6.07, 6.45) is -0.291. The standard InChI is InChI=1S/C36H30O7/c37-28-12-6-4-10-23(28)16-21-14-15-30(39)25(17-21)19-26-34(41)27(18-24-11-5-7-13-29(24)38)36-33(35(26)42)31(40)20-32(43-36)22-8-2-1-3-9-22/h1-15,17,32,37-39,41-42H,16,18-20H2. The van der Waals surface area contributed by atoms with E-state index in [1.165, 1.54) is 12.1 Å². The fourth-order valence-electron chi connectivity index (χ4n) is 5.65. The second kappa shape index (κ2) is 11.4. The van der Waals surface area contributed by atoms with Gasteiger partial charge in [0.25, 0.3) is 0 Å². The van der Waals surface area contributed by atoms with Crippen molar-refractivity contribution in [3.63, 3.8) is 0 Å². The number of carbonyl (C=O) groups excluding carboxylic acids is 1. The zero-order chi connectivity index (χ0) is 30.1. The molecule has 0 radical (unpaired) electrons. The van der Waals surface area contributed by atoms with Crippen molar-refractivity contribution in [1.29, 1.82) is 0 Å². The van der Waals surface area contributed by atoms with Crippen molar-refractivity contribution in [1.82, 2.24) is 0 Å². The van der Waals surface area contributed by atoms with E-state index in [9.17, 15) is 30.3 Å². The zero-order valence-electron chi connectivity index (χ0n) is 23.2. The van der Waals surface area contributed by atoms with Gasteiger partial charge in [0.05, 0.1) is 6.42 Å². The molecule has 0 fully saturated rings. The molecular weight excluding hydrogens is 544 g/mol. The van der Waals surface area contributed by atoms with Crippen LogP contribution in [0.1, 0.15) is 61.8 Å². The number of ether oxygens (including phenoxy) is 1. The lowest BCUT2D eigenvalue weighted by molar-refractivity contribution is 0.0842. The molecule has 0 aliphatic carbocycles. The molecule has 1 aliphatic heterocycles. The number of ketones is 1. The van der Waals surface area contributed by atoms with Crippen molar-refractivity contribution >= 4 is 5.78 Å². The summed E-state index contributed by atoms with van der Waals surface area (Å²) in [4.78, 5) is 13.6. The molecule has 5 aromatic carbocycles. The second-order valence-corrected chi connectivity index (χ2v) is 10.8. The van der Waals surface area contributed by atoms with E-state index in [4.69, 9.17) is 4.74 Å². The van der Waals surface area contributed by atoms with Gasteiger partial charge >= 0.3 is 0 Å². The summed E-state index contributed by atoms with van der Waals surface area (Å²) in [5, 5.41) is 54.6. The molecule has 1 atom stereocenters. The molecule has 7 heteroatoms. The van der Waals surface area contributed by atoms with Crippen LogP contribution in [0.4, 0.5) is 0 Å². The van der Waals surface area contributed by atoms with Crippen molar-refractivity contribution in [3.8, 4) is 34.5 Å². The summed E-state index contributed by atoms with van der Waals surface area (Å²) < 4.78 is 6.32. The van der Waals surface area contributed by atoms with Crippen LogP contribution in [0.15, 0.2) is 97.1 Å². The van der Waals surface area contributed by atoms with Crippen molar-refractivity contribution in [2.45, 2.75) is 31.8 Å². The van der Waals surface area contributed by atoms with E-state index in [2.05, 4.69) is 0 Å². The summed E-state index contributed by atoms with van der Waals surface area (Å²) in [6.45, 7) is 0. The van der Waals surface area contributed by atoms with Crippen molar-refractivity contribution < 1.29 is 35.1 Å². The molecule has 6 rings (SSSR count). The van der Waals surface area contributed by atoms with Gasteiger partial charge in [0.2, 0.25) is 0 Å². The molecular formula is C36H30O7. The fraction of sp³-hybridized carbons (Fsp3) is 0.139. The number of hydrogen-bond acceptors (Lipinski definition) is 7. The minimum Gasteiger partial charge on any atom is -0.508 e. The van der Waals surface area contributed by atoms with Gasteiger partial charge in [-0.05, 0) is 46.0 Å². The van der Waals surface area contributed by atoms with E-state index in [-0.39, 0.29) is 70.5 Å². The van der Waals surface area contributed by atoms with E-state index < -0.39 is 11.9 Å². The van der Waals surface area contributed by atoms with Crippen LogP contribution < -0.4 is 4.74 Å². The van der Waals surface area contributed by atoms with Crippen LogP contribution in [0.3, 0.4) is 0 Å². The van der Waals surface area contributed by atoms with Gasteiger partial charge in [-0.1, -0.05) is 78.9 Å². The molecule has 0 spiro atoms. The third-order valence-corrected chi connectivity index (χ3v) is 7.93. The summed E-state index contributed by atoms with van der Waals surface area (Å²) in [5.41, 5.74) is 3.49. The SMILES string of the molecule is O=C1CC(c2ccccc2)Oc2c(Cc3ccccc3O)c(O)c(Cc3cc(Cc4ccccc4O)ccc3O)c(O)c21. The molecule has 5 aromatic rings. The Balaban J connectivity index is 1.45. The minimum absolute atomic E-state index is 0.00782. The van der Waals surface area contributed by atoms with Gasteiger partial charge in [-0.25, -0.2) is 0 Å². The number of Topliss-reactive ketones (excluding diaryl/α,β-unsaturated/α-hetero) is 1.